The standard InChI is InChI=1S/C27H28FN3O2/c28-20-6-5-19-3-1-4-25(22(19)17-20)31-14-12-30(13-15-31)11-2-16-33-21-7-8-24-23(18-21)26(32)29-27(24)9-10-27/h1,3-8,17-18H,2,9-16H2,(H,29,32). The Balaban J connectivity index is 0.998. The quantitative estimate of drug-likeness (QED) is 0.575. The zero-order chi connectivity index (χ0) is 22.4. The Hall–Kier alpha value is -3.12. The molecule has 0 bridgehead atoms. The first-order valence-corrected chi connectivity index (χ1v) is 11.9. The Bertz CT molecular complexity index is 1220. The number of benzene rings is 3. The van der Waals surface area contributed by atoms with Crippen molar-refractivity contribution in [3.8, 4) is 5.75 Å². The molecule has 5 nitrogen and oxygen atoms in total. The predicted octanol–water partition coefficient (Wildman–Crippen LogP) is 4.30. The van der Waals surface area contributed by atoms with Crippen LogP contribution in [0.3, 0.4) is 0 Å². The van der Waals surface area contributed by atoms with Crippen LogP contribution < -0.4 is 15.0 Å². The lowest BCUT2D eigenvalue weighted by Crippen LogP contribution is -2.46. The number of rotatable bonds is 6. The van der Waals surface area contributed by atoms with Gasteiger partial charge in [0.1, 0.15) is 11.6 Å². The molecule has 1 spiro atoms. The summed E-state index contributed by atoms with van der Waals surface area (Å²) in [5.41, 5.74) is 2.94. The number of nitrogens with zero attached hydrogens (tertiary/aromatic N) is 2. The van der Waals surface area contributed by atoms with Gasteiger partial charge >= 0.3 is 0 Å². The molecule has 33 heavy (non-hydrogen) atoms. The fourth-order valence-electron chi connectivity index (χ4n) is 5.28. The molecule has 3 aliphatic rings. The lowest BCUT2D eigenvalue weighted by molar-refractivity contribution is 0.0952. The summed E-state index contributed by atoms with van der Waals surface area (Å²) in [6, 6.07) is 17.1. The number of ether oxygens (including phenoxy) is 1. The minimum absolute atomic E-state index is 0.0276. The molecule has 6 rings (SSSR count). The van der Waals surface area contributed by atoms with Crippen LogP contribution in [0.15, 0.2) is 54.6 Å². The van der Waals surface area contributed by atoms with E-state index in [0.717, 1.165) is 85.3 Å². The van der Waals surface area contributed by atoms with Gasteiger partial charge in [-0.3, -0.25) is 9.69 Å². The fourth-order valence-corrected chi connectivity index (χ4v) is 5.28. The van der Waals surface area contributed by atoms with E-state index in [0.29, 0.717) is 6.61 Å². The van der Waals surface area contributed by atoms with Gasteiger partial charge in [0.05, 0.1) is 12.1 Å². The van der Waals surface area contributed by atoms with Crippen LogP contribution in [0, 0.1) is 5.82 Å². The van der Waals surface area contributed by atoms with E-state index in [1.165, 1.54) is 6.07 Å². The van der Waals surface area contributed by atoms with E-state index in [1.54, 1.807) is 6.07 Å². The predicted molar refractivity (Wildman–Crippen MR) is 127 cm³/mol. The van der Waals surface area contributed by atoms with Gasteiger partial charge in [-0.05, 0) is 60.5 Å². The minimum atomic E-state index is -0.190. The van der Waals surface area contributed by atoms with Crippen molar-refractivity contribution in [3.05, 3.63) is 71.5 Å². The lowest BCUT2D eigenvalue weighted by Gasteiger charge is -2.36. The molecule has 1 N–H and O–H groups in total. The van der Waals surface area contributed by atoms with Gasteiger partial charge in [0, 0.05) is 49.4 Å². The molecule has 2 fully saturated rings. The lowest BCUT2D eigenvalue weighted by atomic mass is 10.0. The first-order chi connectivity index (χ1) is 16.1. The Labute approximate surface area is 193 Å². The summed E-state index contributed by atoms with van der Waals surface area (Å²) >= 11 is 0. The summed E-state index contributed by atoms with van der Waals surface area (Å²) in [6.45, 7) is 5.43. The van der Waals surface area contributed by atoms with Crippen LogP contribution in [-0.2, 0) is 5.54 Å². The van der Waals surface area contributed by atoms with Gasteiger partial charge in [-0.15, -0.1) is 0 Å². The number of hydrogen-bond donors (Lipinski definition) is 1. The molecular weight excluding hydrogens is 417 g/mol. The second-order valence-corrected chi connectivity index (χ2v) is 9.42. The molecule has 1 saturated heterocycles. The molecule has 2 aliphatic heterocycles. The third-order valence-electron chi connectivity index (χ3n) is 7.28. The van der Waals surface area contributed by atoms with E-state index in [-0.39, 0.29) is 17.3 Å². The molecule has 0 atom stereocenters. The van der Waals surface area contributed by atoms with Crippen LogP contribution in [0.5, 0.6) is 5.75 Å². The highest BCUT2D eigenvalue weighted by Crippen LogP contribution is 2.50. The number of carbonyl (C=O) groups is 1. The molecule has 6 heteroatoms. The second kappa shape index (κ2) is 8.03. The van der Waals surface area contributed by atoms with E-state index in [9.17, 15) is 9.18 Å². The van der Waals surface area contributed by atoms with Crippen LogP contribution in [0.2, 0.25) is 0 Å². The highest BCUT2D eigenvalue weighted by molar-refractivity contribution is 6.01. The van der Waals surface area contributed by atoms with Crippen LogP contribution in [0.1, 0.15) is 35.2 Å². The van der Waals surface area contributed by atoms with E-state index in [1.807, 2.05) is 36.4 Å². The van der Waals surface area contributed by atoms with Crippen molar-refractivity contribution in [2.24, 2.45) is 0 Å². The number of amides is 1. The molecule has 1 saturated carbocycles. The number of fused-ring (bicyclic) bond motifs is 3. The monoisotopic (exact) mass is 445 g/mol. The number of carbonyl (C=O) groups excluding carboxylic acids is 1. The summed E-state index contributed by atoms with van der Waals surface area (Å²) in [4.78, 5) is 17.0. The molecule has 1 aliphatic carbocycles. The van der Waals surface area contributed by atoms with E-state index >= 15 is 0 Å². The van der Waals surface area contributed by atoms with Crippen molar-refractivity contribution >= 4 is 22.4 Å². The number of nitrogens with one attached hydrogen (secondary N) is 1. The minimum Gasteiger partial charge on any atom is -0.494 e. The molecule has 170 valence electrons. The molecule has 0 unspecified atom stereocenters. The molecule has 3 aromatic rings. The van der Waals surface area contributed by atoms with Crippen molar-refractivity contribution < 1.29 is 13.9 Å². The maximum atomic E-state index is 13.8. The summed E-state index contributed by atoms with van der Waals surface area (Å²) < 4.78 is 19.8. The number of anilines is 1. The van der Waals surface area contributed by atoms with Gasteiger partial charge in [0.15, 0.2) is 0 Å². The van der Waals surface area contributed by atoms with Crippen LogP contribution in [0.25, 0.3) is 10.8 Å². The number of halogens is 1. The Morgan fingerprint density at radius 2 is 1.85 bits per heavy atom. The third-order valence-corrected chi connectivity index (χ3v) is 7.28. The van der Waals surface area contributed by atoms with Gasteiger partial charge < -0.3 is 15.0 Å². The van der Waals surface area contributed by atoms with Crippen molar-refractivity contribution in [1.29, 1.82) is 0 Å². The zero-order valence-electron chi connectivity index (χ0n) is 18.6. The SMILES string of the molecule is O=C1NC2(CC2)c2ccc(OCCCN3CCN(c4cccc5ccc(F)cc45)CC3)cc21. The molecule has 1 amide bonds. The largest absolute Gasteiger partial charge is 0.494 e. The average Bonchev–Trinajstić information content (AvgIpc) is 3.56. The third kappa shape index (κ3) is 3.82. The fraction of sp³-hybridized carbons (Fsp3) is 0.370. The Kier molecular flexibility index (Phi) is 4.98. The first kappa shape index (κ1) is 20.5. The van der Waals surface area contributed by atoms with Crippen molar-refractivity contribution in [2.75, 3.05) is 44.2 Å². The van der Waals surface area contributed by atoms with Gasteiger partial charge in [-0.1, -0.05) is 24.3 Å². The molecule has 0 aromatic heterocycles. The number of piperazine rings is 1. The number of hydrogen-bond acceptors (Lipinski definition) is 4. The van der Waals surface area contributed by atoms with Crippen molar-refractivity contribution in [1.82, 2.24) is 10.2 Å². The van der Waals surface area contributed by atoms with E-state index < -0.39 is 0 Å². The Morgan fingerprint density at radius 1 is 1.00 bits per heavy atom. The van der Waals surface area contributed by atoms with E-state index in [2.05, 4.69) is 21.2 Å². The first-order valence-electron chi connectivity index (χ1n) is 11.9. The summed E-state index contributed by atoms with van der Waals surface area (Å²) in [6.07, 6.45) is 3.01. The summed E-state index contributed by atoms with van der Waals surface area (Å²) in [7, 11) is 0. The van der Waals surface area contributed by atoms with Gasteiger partial charge in [-0.25, -0.2) is 4.39 Å². The normalized spacial score (nSPS) is 19.1. The molecule has 2 heterocycles. The van der Waals surface area contributed by atoms with Crippen molar-refractivity contribution in [2.45, 2.75) is 24.8 Å². The smallest absolute Gasteiger partial charge is 0.252 e. The van der Waals surface area contributed by atoms with Gasteiger partial charge in [0.2, 0.25) is 0 Å². The summed E-state index contributed by atoms with van der Waals surface area (Å²) in [5.74, 6) is 0.610. The summed E-state index contributed by atoms with van der Waals surface area (Å²) in [5, 5.41) is 5.17. The average molecular weight is 446 g/mol. The Morgan fingerprint density at radius 3 is 2.67 bits per heavy atom. The molecular formula is C27H28FN3O2. The zero-order valence-corrected chi connectivity index (χ0v) is 18.6. The maximum absolute atomic E-state index is 13.8. The van der Waals surface area contributed by atoms with Gasteiger partial charge in [-0.2, -0.15) is 0 Å². The highest BCUT2D eigenvalue weighted by atomic mass is 19.1. The van der Waals surface area contributed by atoms with E-state index in [4.69, 9.17) is 4.74 Å². The van der Waals surface area contributed by atoms with Gasteiger partial charge in [0.25, 0.3) is 5.91 Å². The topological polar surface area (TPSA) is 44.8 Å². The van der Waals surface area contributed by atoms with Crippen molar-refractivity contribution in [3.63, 3.8) is 0 Å². The highest BCUT2D eigenvalue weighted by Gasteiger charge is 2.52. The van der Waals surface area contributed by atoms with Crippen LogP contribution in [-0.4, -0.2) is 50.1 Å². The molecule has 0 radical (unpaired) electrons. The second-order valence-electron chi connectivity index (χ2n) is 9.42. The maximum Gasteiger partial charge on any atom is 0.252 e. The van der Waals surface area contributed by atoms with Crippen LogP contribution in [0.4, 0.5) is 10.1 Å². The molecule has 3 aromatic carbocycles. The van der Waals surface area contributed by atoms with Crippen LogP contribution >= 0.6 is 0 Å².